The number of hydrogen-bond donors (Lipinski definition) is 2. The largest absolute Gasteiger partial charge is 0.496 e. The third-order valence-corrected chi connectivity index (χ3v) is 5.46. The highest BCUT2D eigenvalue weighted by atomic mass is 35.5. The molecule has 6 nitrogen and oxygen atoms in total. The van der Waals surface area contributed by atoms with E-state index in [4.69, 9.17) is 38.4 Å². The first kappa shape index (κ1) is 24.4. The topological polar surface area (TPSA) is 90.7 Å². The molecule has 3 aromatic carbocycles. The molecule has 0 aliphatic rings. The second-order valence-electron chi connectivity index (χ2n) is 7.72. The van der Waals surface area contributed by atoms with Crippen LogP contribution in [0.15, 0.2) is 54.6 Å². The molecule has 0 aromatic heterocycles. The second kappa shape index (κ2) is 10.6. The number of nitrogens with two attached hydrogens (primary N) is 1. The average molecular weight is 487 g/mol. The molecule has 2 amide bonds. The summed E-state index contributed by atoms with van der Waals surface area (Å²) in [6.07, 6.45) is 0.0540. The van der Waals surface area contributed by atoms with Crippen molar-refractivity contribution >= 4 is 40.7 Å². The Bertz CT molecular complexity index is 1170. The molecular formula is C25H24Cl2N2O4. The van der Waals surface area contributed by atoms with E-state index < -0.39 is 5.91 Å². The number of nitrogens with one attached hydrogen (secondary N) is 1. The molecule has 3 N–H and O–H groups in total. The van der Waals surface area contributed by atoms with Crippen molar-refractivity contribution in [2.24, 2.45) is 5.73 Å². The molecule has 3 aromatic rings. The predicted octanol–water partition coefficient (Wildman–Crippen LogP) is 6.20. The predicted molar refractivity (Wildman–Crippen MR) is 131 cm³/mol. The highest BCUT2D eigenvalue weighted by Gasteiger charge is 2.15. The fourth-order valence-corrected chi connectivity index (χ4v) is 3.86. The number of carbonyl (C=O) groups excluding carboxylic acids is 2. The normalized spacial score (nSPS) is 10.7. The Morgan fingerprint density at radius 2 is 1.73 bits per heavy atom. The molecule has 0 fully saturated rings. The Balaban J connectivity index is 1.75. The molecule has 0 heterocycles. The average Bonchev–Trinajstić information content (AvgIpc) is 2.76. The Kier molecular flexibility index (Phi) is 7.84. The van der Waals surface area contributed by atoms with Crippen LogP contribution >= 0.6 is 23.2 Å². The fourth-order valence-electron chi connectivity index (χ4n) is 3.30. The van der Waals surface area contributed by atoms with E-state index in [-0.39, 0.29) is 34.0 Å². The number of benzene rings is 3. The van der Waals surface area contributed by atoms with Gasteiger partial charge in [0.05, 0.1) is 23.6 Å². The molecule has 33 heavy (non-hydrogen) atoms. The zero-order valence-corrected chi connectivity index (χ0v) is 20.0. The van der Waals surface area contributed by atoms with E-state index >= 15 is 0 Å². The monoisotopic (exact) mass is 486 g/mol. The SMILES string of the molecule is COc1ccc(Oc2c(Cl)cc(NC(=O)Cc3cccc(C(N)=O)c3)cc2Cl)cc1C(C)C. The third-order valence-electron chi connectivity index (χ3n) is 4.90. The summed E-state index contributed by atoms with van der Waals surface area (Å²) in [6, 6.07) is 15.2. The van der Waals surface area contributed by atoms with Gasteiger partial charge < -0.3 is 20.5 Å². The van der Waals surface area contributed by atoms with Crippen LogP contribution in [0, 0.1) is 0 Å². The lowest BCUT2D eigenvalue weighted by molar-refractivity contribution is -0.115. The number of methoxy groups -OCH3 is 1. The maximum Gasteiger partial charge on any atom is 0.248 e. The number of rotatable bonds is 8. The van der Waals surface area contributed by atoms with Crippen LogP contribution in [0.5, 0.6) is 17.2 Å². The van der Waals surface area contributed by atoms with Crippen LogP contribution in [-0.2, 0) is 11.2 Å². The van der Waals surface area contributed by atoms with Gasteiger partial charge in [-0.2, -0.15) is 0 Å². The highest BCUT2D eigenvalue weighted by Crippen LogP contribution is 2.40. The highest BCUT2D eigenvalue weighted by molar-refractivity contribution is 6.37. The number of halogens is 2. The van der Waals surface area contributed by atoms with Gasteiger partial charge in [0.1, 0.15) is 11.5 Å². The van der Waals surface area contributed by atoms with Crippen LogP contribution in [0.25, 0.3) is 0 Å². The Morgan fingerprint density at radius 1 is 1.03 bits per heavy atom. The van der Waals surface area contributed by atoms with Gasteiger partial charge in [-0.05, 0) is 53.9 Å². The van der Waals surface area contributed by atoms with E-state index in [0.29, 0.717) is 22.6 Å². The lowest BCUT2D eigenvalue weighted by Crippen LogP contribution is -2.16. The van der Waals surface area contributed by atoms with E-state index in [1.54, 1.807) is 49.6 Å². The van der Waals surface area contributed by atoms with Crippen molar-refractivity contribution < 1.29 is 19.1 Å². The van der Waals surface area contributed by atoms with Gasteiger partial charge >= 0.3 is 0 Å². The van der Waals surface area contributed by atoms with Gasteiger partial charge in [0.2, 0.25) is 11.8 Å². The molecule has 0 aliphatic carbocycles. The van der Waals surface area contributed by atoms with Crippen molar-refractivity contribution in [2.45, 2.75) is 26.2 Å². The quantitative estimate of drug-likeness (QED) is 0.396. The number of hydrogen-bond acceptors (Lipinski definition) is 4. The van der Waals surface area contributed by atoms with Gasteiger partial charge in [-0.1, -0.05) is 49.2 Å². The molecular weight excluding hydrogens is 463 g/mol. The van der Waals surface area contributed by atoms with E-state index in [0.717, 1.165) is 11.3 Å². The van der Waals surface area contributed by atoms with Crippen molar-refractivity contribution in [3.05, 3.63) is 81.3 Å². The Hall–Kier alpha value is -3.22. The van der Waals surface area contributed by atoms with E-state index in [1.807, 2.05) is 12.1 Å². The van der Waals surface area contributed by atoms with Gasteiger partial charge in [-0.15, -0.1) is 0 Å². The molecule has 0 radical (unpaired) electrons. The summed E-state index contributed by atoms with van der Waals surface area (Å²) in [6.45, 7) is 4.12. The van der Waals surface area contributed by atoms with Crippen LogP contribution < -0.4 is 20.5 Å². The molecule has 0 atom stereocenters. The Labute approximate surface area is 202 Å². The molecule has 3 rings (SSSR count). The minimum absolute atomic E-state index is 0.0540. The van der Waals surface area contributed by atoms with Crippen molar-refractivity contribution in [3.63, 3.8) is 0 Å². The van der Waals surface area contributed by atoms with Crippen molar-refractivity contribution in [1.82, 2.24) is 0 Å². The first-order chi connectivity index (χ1) is 15.7. The van der Waals surface area contributed by atoms with Gasteiger partial charge in [0, 0.05) is 16.8 Å². The molecule has 0 bridgehead atoms. The van der Waals surface area contributed by atoms with Gasteiger partial charge in [0.25, 0.3) is 0 Å². The molecule has 0 aliphatic heterocycles. The number of anilines is 1. The first-order valence-electron chi connectivity index (χ1n) is 10.2. The smallest absolute Gasteiger partial charge is 0.248 e. The van der Waals surface area contributed by atoms with E-state index in [2.05, 4.69) is 19.2 Å². The van der Waals surface area contributed by atoms with Crippen LogP contribution in [0.2, 0.25) is 10.0 Å². The van der Waals surface area contributed by atoms with Crippen molar-refractivity contribution in [3.8, 4) is 17.2 Å². The summed E-state index contributed by atoms with van der Waals surface area (Å²) in [4.78, 5) is 23.8. The van der Waals surface area contributed by atoms with Crippen molar-refractivity contribution in [1.29, 1.82) is 0 Å². The maximum atomic E-state index is 12.5. The molecule has 172 valence electrons. The second-order valence-corrected chi connectivity index (χ2v) is 8.53. The zero-order valence-electron chi connectivity index (χ0n) is 18.4. The van der Waals surface area contributed by atoms with Crippen LogP contribution in [0.3, 0.4) is 0 Å². The summed E-state index contributed by atoms with van der Waals surface area (Å²) in [7, 11) is 1.62. The van der Waals surface area contributed by atoms with E-state index in [9.17, 15) is 9.59 Å². The van der Waals surface area contributed by atoms with Crippen LogP contribution in [0.4, 0.5) is 5.69 Å². The maximum absolute atomic E-state index is 12.5. The van der Waals surface area contributed by atoms with Gasteiger partial charge in [0.15, 0.2) is 5.75 Å². The van der Waals surface area contributed by atoms with Crippen molar-refractivity contribution in [2.75, 3.05) is 12.4 Å². The van der Waals surface area contributed by atoms with Crippen LogP contribution in [0.1, 0.15) is 41.3 Å². The van der Waals surface area contributed by atoms with E-state index in [1.165, 1.54) is 0 Å². The summed E-state index contributed by atoms with van der Waals surface area (Å²) in [5, 5.41) is 3.25. The fraction of sp³-hybridized carbons (Fsp3) is 0.200. The molecule has 8 heteroatoms. The number of primary amides is 1. The minimum Gasteiger partial charge on any atom is -0.496 e. The molecule has 0 spiro atoms. The first-order valence-corrected chi connectivity index (χ1v) is 11.0. The van der Waals surface area contributed by atoms with Gasteiger partial charge in [-0.3, -0.25) is 9.59 Å². The Morgan fingerprint density at radius 3 is 2.33 bits per heavy atom. The molecule has 0 saturated heterocycles. The number of ether oxygens (including phenoxy) is 2. The standard InChI is InChI=1S/C25H24Cl2N2O4/c1-14(2)19-13-18(7-8-22(19)32-3)33-24-20(26)11-17(12-21(24)27)29-23(30)10-15-5-4-6-16(9-15)25(28)31/h4-9,11-14H,10H2,1-3H3,(H2,28,31)(H,29,30). The number of carbonyl (C=O) groups is 2. The third kappa shape index (κ3) is 6.18. The lowest BCUT2D eigenvalue weighted by atomic mass is 10.0. The summed E-state index contributed by atoms with van der Waals surface area (Å²) >= 11 is 12.8. The van der Waals surface area contributed by atoms with Gasteiger partial charge in [-0.25, -0.2) is 0 Å². The van der Waals surface area contributed by atoms with Crippen LogP contribution in [-0.4, -0.2) is 18.9 Å². The summed E-state index contributed by atoms with van der Waals surface area (Å²) < 4.78 is 11.3. The molecule has 0 unspecified atom stereocenters. The lowest BCUT2D eigenvalue weighted by Gasteiger charge is -2.16. The number of amides is 2. The summed E-state index contributed by atoms with van der Waals surface area (Å²) in [5.74, 6) is 1.00. The summed E-state index contributed by atoms with van der Waals surface area (Å²) in [5.41, 5.74) is 7.70. The zero-order chi connectivity index (χ0) is 24.1. The minimum atomic E-state index is -0.552. The molecule has 0 saturated carbocycles.